The quantitative estimate of drug-likeness (QED) is 0.211. The van der Waals surface area contributed by atoms with Crippen molar-refractivity contribution in [2.75, 3.05) is 7.11 Å². The SMILES string of the molecule is C#Cc1cc(C(=O)O)cc([N+](=O)[O-])c1.COC(=O)c1cc(C#C[Si](C)(C)C)cc([N+](=O)[O-])c1.[Li+].[OH-]. The number of aromatic carboxylic acids is 1. The van der Waals surface area contributed by atoms with Gasteiger partial charge in [0.05, 0.1) is 28.1 Å². The second kappa shape index (κ2) is 14.4. The van der Waals surface area contributed by atoms with Gasteiger partial charge in [0.25, 0.3) is 11.4 Å². The van der Waals surface area contributed by atoms with Crippen LogP contribution in [-0.4, -0.2) is 47.6 Å². The fourth-order valence-electron chi connectivity index (χ4n) is 2.21. The van der Waals surface area contributed by atoms with Gasteiger partial charge in [-0.25, -0.2) is 9.59 Å². The van der Waals surface area contributed by atoms with Crippen LogP contribution in [0, 0.1) is 44.0 Å². The van der Waals surface area contributed by atoms with E-state index >= 15 is 0 Å². The number of non-ortho nitro benzene ring substituents is 2. The first kappa shape index (κ1) is 33.2. The molecule has 2 N–H and O–H groups in total. The van der Waals surface area contributed by atoms with E-state index in [1.807, 2.05) is 0 Å². The van der Waals surface area contributed by atoms with E-state index in [0.29, 0.717) is 5.56 Å². The Morgan fingerprint density at radius 3 is 1.80 bits per heavy atom. The van der Waals surface area contributed by atoms with Crippen LogP contribution in [0.3, 0.4) is 0 Å². The van der Waals surface area contributed by atoms with Crippen LogP contribution in [-0.2, 0) is 4.74 Å². The minimum atomic E-state index is -1.58. The Bertz CT molecular complexity index is 1190. The van der Waals surface area contributed by atoms with Crippen molar-refractivity contribution >= 4 is 31.4 Å². The molecule has 0 atom stereocenters. The van der Waals surface area contributed by atoms with E-state index in [-0.39, 0.29) is 52.4 Å². The zero-order valence-corrected chi connectivity index (χ0v) is 20.7. The molecule has 2 aromatic rings. The fourth-order valence-corrected chi connectivity index (χ4v) is 2.73. The second-order valence-corrected chi connectivity index (χ2v) is 12.2. The van der Waals surface area contributed by atoms with Crippen molar-refractivity contribution in [3.8, 4) is 23.8 Å². The molecular formula is C22H21LiN2O9Si. The number of nitro benzene ring substituents is 2. The third-order valence-electron chi connectivity index (χ3n) is 3.67. The zero-order chi connectivity index (χ0) is 25.3. The number of carbonyl (C=O) groups excluding carboxylic acids is 1. The maximum Gasteiger partial charge on any atom is 1.00 e. The van der Waals surface area contributed by atoms with Crippen LogP contribution in [0.4, 0.5) is 11.4 Å². The van der Waals surface area contributed by atoms with Gasteiger partial charge < -0.3 is 15.3 Å². The van der Waals surface area contributed by atoms with Crippen LogP contribution in [0.15, 0.2) is 36.4 Å². The predicted molar refractivity (Wildman–Crippen MR) is 125 cm³/mol. The van der Waals surface area contributed by atoms with Crippen molar-refractivity contribution < 1.29 is 53.6 Å². The van der Waals surface area contributed by atoms with Crippen molar-refractivity contribution in [3.63, 3.8) is 0 Å². The van der Waals surface area contributed by atoms with Gasteiger partial charge in [0.15, 0.2) is 0 Å². The fraction of sp³-hybridized carbons (Fsp3) is 0.182. The molecule has 0 aliphatic carbocycles. The number of nitro groups is 2. The molecule has 0 aromatic heterocycles. The summed E-state index contributed by atoms with van der Waals surface area (Å²) in [5.41, 5.74) is 3.20. The summed E-state index contributed by atoms with van der Waals surface area (Å²) < 4.78 is 4.57. The molecule has 0 fully saturated rings. The van der Waals surface area contributed by atoms with Crippen molar-refractivity contribution in [1.29, 1.82) is 0 Å². The van der Waals surface area contributed by atoms with Gasteiger partial charge >= 0.3 is 30.8 Å². The molecule has 0 aliphatic heterocycles. The number of hydrogen-bond donors (Lipinski definition) is 1. The molecule has 0 unspecified atom stereocenters. The molecule has 0 spiro atoms. The molecule has 0 saturated heterocycles. The van der Waals surface area contributed by atoms with Crippen molar-refractivity contribution in [2.45, 2.75) is 19.6 Å². The Hall–Kier alpha value is -3.93. The summed E-state index contributed by atoms with van der Waals surface area (Å²) in [4.78, 5) is 42.0. The van der Waals surface area contributed by atoms with Crippen LogP contribution in [0.5, 0.6) is 0 Å². The van der Waals surface area contributed by atoms with Gasteiger partial charge in [0.2, 0.25) is 0 Å². The maximum absolute atomic E-state index is 11.5. The Morgan fingerprint density at radius 2 is 1.40 bits per heavy atom. The molecule has 2 rings (SSSR count). The Labute approximate surface area is 214 Å². The number of hydrogen-bond acceptors (Lipinski definition) is 8. The summed E-state index contributed by atoms with van der Waals surface area (Å²) >= 11 is 0. The first-order valence-corrected chi connectivity index (χ1v) is 12.7. The molecule has 0 aliphatic rings. The molecule has 13 heteroatoms. The van der Waals surface area contributed by atoms with Crippen LogP contribution in [0.25, 0.3) is 0 Å². The van der Waals surface area contributed by atoms with Gasteiger partial charge in [0.1, 0.15) is 8.07 Å². The summed E-state index contributed by atoms with van der Waals surface area (Å²) in [6.07, 6.45) is 5.02. The van der Waals surface area contributed by atoms with E-state index in [9.17, 15) is 29.8 Å². The number of carboxylic acids is 1. The van der Waals surface area contributed by atoms with Crippen molar-refractivity contribution in [1.82, 2.24) is 0 Å². The number of carbonyl (C=O) groups is 2. The summed E-state index contributed by atoms with van der Waals surface area (Å²) in [5.74, 6) is 3.19. The summed E-state index contributed by atoms with van der Waals surface area (Å²) in [7, 11) is -0.354. The average molecular weight is 492 g/mol. The van der Waals surface area contributed by atoms with Crippen LogP contribution < -0.4 is 18.9 Å². The molecule has 0 bridgehead atoms. The molecule has 0 heterocycles. The number of ether oxygens (including phenoxy) is 1. The Morgan fingerprint density at radius 1 is 0.943 bits per heavy atom. The topological polar surface area (TPSA) is 180 Å². The number of carboxylic acid groups (broad SMARTS) is 1. The summed E-state index contributed by atoms with van der Waals surface area (Å²) in [6.45, 7) is 6.20. The van der Waals surface area contributed by atoms with E-state index in [2.05, 4.69) is 41.8 Å². The Balaban J connectivity index is 0. The molecular weight excluding hydrogens is 471 g/mol. The molecule has 35 heavy (non-hydrogen) atoms. The number of rotatable bonds is 4. The third kappa shape index (κ3) is 11.2. The summed E-state index contributed by atoms with van der Waals surface area (Å²) in [5, 5.41) is 29.8. The van der Waals surface area contributed by atoms with Gasteiger partial charge in [-0.05, 0) is 12.1 Å². The minimum Gasteiger partial charge on any atom is -0.870 e. The number of terminal acetylenes is 1. The predicted octanol–water partition coefficient (Wildman–Crippen LogP) is 0.712. The number of benzene rings is 2. The first-order valence-electron chi connectivity index (χ1n) is 9.17. The average Bonchev–Trinajstić information content (AvgIpc) is 2.76. The van der Waals surface area contributed by atoms with Gasteiger partial charge in [-0.3, -0.25) is 20.2 Å². The van der Waals surface area contributed by atoms with Crippen molar-refractivity contribution in [2.24, 2.45) is 0 Å². The minimum absolute atomic E-state index is 0. The van der Waals surface area contributed by atoms with E-state index in [1.54, 1.807) is 0 Å². The molecule has 0 amide bonds. The Kier molecular flexibility index (Phi) is 13.6. The van der Waals surface area contributed by atoms with Gasteiger partial charge in [0, 0.05) is 35.4 Å². The maximum atomic E-state index is 11.5. The van der Waals surface area contributed by atoms with Gasteiger partial charge in [-0.15, -0.1) is 12.0 Å². The molecule has 11 nitrogen and oxygen atoms in total. The van der Waals surface area contributed by atoms with E-state index in [1.165, 1.54) is 31.4 Å². The van der Waals surface area contributed by atoms with Crippen LogP contribution >= 0.6 is 0 Å². The first-order chi connectivity index (χ1) is 15.3. The molecule has 0 saturated carbocycles. The smallest absolute Gasteiger partial charge is 0.870 e. The summed E-state index contributed by atoms with van der Waals surface area (Å²) in [6, 6.07) is 7.36. The van der Waals surface area contributed by atoms with Gasteiger partial charge in [-0.1, -0.05) is 31.5 Å². The van der Waals surface area contributed by atoms with Gasteiger partial charge in [-0.2, -0.15) is 0 Å². The van der Waals surface area contributed by atoms with E-state index < -0.39 is 29.9 Å². The van der Waals surface area contributed by atoms with E-state index in [0.717, 1.165) is 12.1 Å². The largest absolute Gasteiger partial charge is 1.00 e. The number of nitrogens with zero attached hydrogens (tertiary/aromatic N) is 2. The third-order valence-corrected chi connectivity index (χ3v) is 4.55. The monoisotopic (exact) mass is 492 g/mol. The molecule has 0 radical (unpaired) electrons. The zero-order valence-electron chi connectivity index (χ0n) is 19.7. The standard InChI is InChI=1S/C13H15NO4Si.C9H5NO4.Li.H2O/c1-18-13(15)11-7-10(5-6-19(2,3)4)8-12(9-11)14(16)17;1-2-6-3-7(9(11)12)5-8(4-6)10(13)14;;/h7-9H,1-4H3;1,3-5H,(H,11,12);;1H2/q;;+1;/p-1. The van der Waals surface area contributed by atoms with Crippen LogP contribution in [0.1, 0.15) is 31.8 Å². The normalized spacial score (nSPS) is 9.23. The molecule has 2 aromatic carbocycles. The van der Waals surface area contributed by atoms with Crippen molar-refractivity contribution in [3.05, 3.63) is 78.9 Å². The molecule has 178 valence electrons. The second-order valence-electron chi connectivity index (χ2n) is 7.49. The van der Waals surface area contributed by atoms with Crippen LogP contribution in [0.2, 0.25) is 19.6 Å². The number of esters is 1. The number of methoxy groups -OCH3 is 1. The van der Waals surface area contributed by atoms with E-state index in [4.69, 9.17) is 11.5 Å².